The van der Waals surface area contributed by atoms with Crippen LogP contribution in [0.5, 0.6) is 0 Å². The van der Waals surface area contributed by atoms with E-state index in [-0.39, 0.29) is 16.2 Å². The lowest BCUT2D eigenvalue weighted by Crippen LogP contribution is -2.48. The third-order valence-corrected chi connectivity index (χ3v) is 5.83. The van der Waals surface area contributed by atoms with Gasteiger partial charge in [0.1, 0.15) is 4.21 Å². The molecular weight excluding hydrogens is 286 g/mol. The summed E-state index contributed by atoms with van der Waals surface area (Å²) in [5.74, 6) is -0.297. The van der Waals surface area contributed by atoms with Crippen molar-refractivity contribution < 1.29 is 13.2 Å². The molecule has 19 heavy (non-hydrogen) atoms. The average Bonchev–Trinajstić information content (AvgIpc) is 3.00. The van der Waals surface area contributed by atoms with Crippen LogP contribution in [0.25, 0.3) is 0 Å². The second kappa shape index (κ2) is 6.00. The standard InChI is InChI=1S/C11H17N3O3S2/c1-8(11(15)13-9-4-5-12-7-9)14-19(16,17)10-3-2-6-18-10/h2-3,6,8-9,12,14H,4-5,7H2,1H3,(H,13,15). The van der Waals surface area contributed by atoms with Crippen molar-refractivity contribution in [1.29, 1.82) is 0 Å². The third kappa shape index (κ3) is 3.75. The van der Waals surface area contributed by atoms with Crippen molar-refractivity contribution >= 4 is 27.3 Å². The van der Waals surface area contributed by atoms with Crippen LogP contribution >= 0.6 is 11.3 Å². The zero-order valence-corrected chi connectivity index (χ0v) is 12.2. The topological polar surface area (TPSA) is 87.3 Å². The van der Waals surface area contributed by atoms with E-state index in [0.29, 0.717) is 0 Å². The minimum atomic E-state index is -3.60. The van der Waals surface area contributed by atoms with Gasteiger partial charge in [0.2, 0.25) is 5.91 Å². The van der Waals surface area contributed by atoms with Crippen LogP contribution in [0, 0.1) is 0 Å². The van der Waals surface area contributed by atoms with Crippen LogP contribution in [0.1, 0.15) is 13.3 Å². The summed E-state index contributed by atoms with van der Waals surface area (Å²) in [5, 5.41) is 7.64. The maximum atomic E-state index is 12.0. The summed E-state index contributed by atoms with van der Waals surface area (Å²) in [5.41, 5.74) is 0. The van der Waals surface area contributed by atoms with E-state index in [0.717, 1.165) is 30.8 Å². The molecule has 1 fully saturated rings. The summed E-state index contributed by atoms with van der Waals surface area (Å²) in [6.45, 7) is 3.15. The Labute approximate surface area is 116 Å². The molecule has 1 aliphatic heterocycles. The van der Waals surface area contributed by atoms with Crippen molar-refractivity contribution in [2.45, 2.75) is 29.6 Å². The van der Waals surface area contributed by atoms with Crippen LogP contribution in [0.15, 0.2) is 21.7 Å². The Bertz CT molecular complexity index is 521. The van der Waals surface area contributed by atoms with Crippen LogP contribution < -0.4 is 15.4 Å². The van der Waals surface area contributed by atoms with Gasteiger partial charge in [0, 0.05) is 12.6 Å². The summed E-state index contributed by atoms with van der Waals surface area (Å²) < 4.78 is 26.5. The highest BCUT2D eigenvalue weighted by Crippen LogP contribution is 2.15. The summed E-state index contributed by atoms with van der Waals surface area (Å²) in [6.07, 6.45) is 0.871. The number of sulfonamides is 1. The first kappa shape index (κ1) is 14.4. The number of thiophene rings is 1. The fourth-order valence-corrected chi connectivity index (χ4v) is 4.08. The monoisotopic (exact) mass is 303 g/mol. The van der Waals surface area contributed by atoms with Crippen molar-refractivity contribution in [3.63, 3.8) is 0 Å². The lowest BCUT2D eigenvalue weighted by atomic mass is 10.2. The molecule has 1 aliphatic rings. The summed E-state index contributed by atoms with van der Waals surface area (Å²) in [6, 6.07) is 2.47. The third-order valence-electron chi connectivity index (χ3n) is 2.89. The van der Waals surface area contributed by atoms with Gasteiger partial charge < -0.3 is 10.6 Å². The SMILES string of the molecule is CC(NS(=O)(=O)c1cccs1)C(=O)NC1CCNC1. The van der Waals surface area contributed by atoms with Gasteiger partial charge in [0.05, 0.1) is 6.04 Å². The van der Waals surface area contributed by atoms with Crippen molar-refractivity contribution in [2.75, 3.05) is 13.1 Å². The molecule has 1 amide bonds. The molecule has 0 saturated carbocycles. The van der Waals surface area contributed by atoms with Gasteiger partial charge in [-0.15, -0.1) is 11.3 Å². The zero-order valence-electron chi connectivity index (χ0n) is 10.5. The average molecular weight is 303 g/mol. The van der Waals surface area contributed by atoms with E-state index in [4.69, 9.17) is 0 Å². The van der Waals surface area contributed by atoms with E-state index in [1.165, 1.54) is 6.07 Å². The highest BCUT2D eigenvalue weighted by Gasteiger charge is 2.25. The van der Waals surface area contributed by atoms with Crippen molar-refractivity contribution in [3.8, 4) is 0 Å². The molecule has 2 unspecified atom stereocenters. The molecule has 0 bridgehead atoms. The van der Waals surface area contributed by atoms with Crippen LogP contribution in [0.3, 0.4) is 0 Å². The number of hydrogen-bond donors (Lipinski definition) is 3. The smallest absolute Gasteiger partial charge is 0.250 e. The van der Waals surface area contributed by atoms with Gasteiger partial charge in [-0.05, 0) is 31.3 Å². The summed E-state index contributed by atoms with van der Waals surface area (Å²) in [4.78, 5) is 11.9. The minimum absolute atomic E-state index is 0.0844. The molecule has 1 aromatic heterocycles. The van der Waals surface area contributed by atoms with Crippen LogP contribution in [-0.4, -0.2) is 39.5 Å². The lowest BCUT2D eigenvalue weighted by Gasteiger charge is -2.17. The largest absolute Gasteiger partial charge is 0.351 e. The van der Waals surface area contributed by atoms with Gasteiger partial charge in [-0.3, -0.25) is 4.79 Å². The zero-order chi connectivity index (χ0) is 13.9. The van der Waals surface area contributed by atoms with Crippen LogP contribution in [-0.2, 0) is 14.8 Å². The second-order valence-corrected chi connectivity index (χ2v) is 7.36. The Morgan fingerprint density at radius 3 is 2.95 bits per heavy atom. The highest BCUT2D eigenvalue weighted by atomic mass is 32.2. The molecule has 2 rings (SSSR count). The molecule has 0 aromatic carbocycles. The lowest BCUT2D eigenvalue weighted by molar-refractivity contribution is -0.122. The molecule has 3 N–H and O–H groups in total. The van der Waals surface area contributed by atoms with Crippen molar-refractivity contribution in [2.24, 2.45) is 0 Å². The predicted molar refractivity (Wildman–Crippen MR) is 73.5 cm³/mol. The van der Waals surface area contributed by atoms with E-state index < -0.39 is 16.1 Å². The Morgan fingerprint density at radius 1 is 1.58 bits per heavy atom. The summed E-state index contributed by atoms with van der Waals surface area (Å²) in [7, 11) is -3.60. The number of hydrogen-bond acceptors (Lipinski definition) is 5. The molecule has 0 aliphatic carbocycles. The molecular formula is C11H17N3O3S2. The first-order chi connectivity index (χ1) is 8.99. The maximum Gasteiger partial charge on any atom is 0.250 e. The number of carbonyl (C=O) groups is 1. The normalized spacial score (nSPS) is 21.2. The Morgan fingerprint density at radius 2 is 2.37 bits per heavy atom. The van der Waals surface area contributed by atoms with Gasteiger partial charge in [-0.1, -0.05) is 6.07 Å². The predicted octanol–water partition coefficient (Wildman–Crippen LogP) is -0.107. The number of carbonyl (C=O) groups excluding carboxylic acids is 1. The molecule has 1 saturated heterocycles. The first-order valence-corrected chi connectivity index (χ1v) is 8.42. The number of nitrogens with one attached hydrogen (secondary N) is 3. The van der Waals surface area contributed by atoms with E-state index >= 15 is 0 Å². The highest BCUT2D eigenvalue weighted by molar-refractivity contribution is 7.91. The van der Waals surface area contributed by atoms with Crippen LogP contribution in [0.2, 0.25) is 0 Å². The van der Waals surface area contributed by atoms with E-state index in [1.807, 2.05) is 0 Å². The molecule has 2 atom stereocenters. The fraction of sp³-hybridized carbons (Fsp3) is 0.545. The quantitative estimate of drug-likeness (QED) is 0.708. The molecule has 106 valence electrons. The van der Waals surface area contributed by atoms with Gasteiger partial charge in [-0.25, -0.2) is 8.42 Å². The van der Waals surface area contributed by atoms with E-state index in [1.54, 1.807) is 18.4 Å². The molecule has 8 heteroatoms. The minimum Gasteiger partial charge on any atom is -0.351 e. The molecule has 0 radical (unpaired) electrons. The van der Waals surface area contributed by atoms with Crippen LogP contribution in [0.4, 0.5) is 0 Å². The Balaban J connectivity index is 1.93. The fourth-order valence-electron chi connectivity index (χ4n) is 1.86. The maximum absolute atomic E-state index is 12.0. The van der Waals surface area contributed by atoms with Gasteiger partial charge in [0.25, 0.3) is 10.0 Å². The Kier molecular flexibility index (Phi) is 4.56. The van der Waals surface area contributed by atoms with E-state index in [9.17, 15) is 13.2 Å². The number of rotatable bonds is 5. The number of amides is 1. The molecule has 0 spiro atoms. The van der Waals surface area contributed by atoms with Gasteiger partial charge >= 0.3 is 0 Å². The molecule has 2 heterocycles. The van der Waals surface area contributed by atoms with Crippen molar-refractivity contribution in [3.05, 3.63) is 17.5 Å². The Hall–Kier alpha value is -0.960. The van der Waals surface area contributed by atoms with Gasteiger partial charge in [0.15, 0.2) is 0 Å². The molecule has 6 nitrogen and oxygen atoms in total. The molecule has 1 aromatic rings. The van der Waals surface area contributed by atoms with Crippen molar-refractivity contribution in [1.82, 2.24) is 15.4 Å². The summed E-state index contributed by atoms with van der Waals surface area (Å²) >= 11 is 1.12. The van der Waals surface area contributed by atoms with E-state index in [2.05, 4.69) is 15.4 Å². The van der Waals surface area contributed by atoms with Gasteiger partial charge in [-0.2, -0.15) is 4.72 Å². The first-order valence-electron chi connectivity index (χ1n) is 6.06. The second-order valence-electron chi connectivity index (χ2n) is 4.47.